The molecule has 1 atom stereocenters. The van der Waals surface area contributed by atoms with Gasteiger partial charge in [0.05, 0.1) is 11.3 Å². The zero-order chi connectivity index (χ0) is 15.6. The van der Waals surface area contributed by atoms with Crippen LogP contribution in [0.4, 0.5) is 5.69 Å². The summed E-state index contributed by atoms with van der Waals surface area (Å²) in [5.41, 5.74) is 0.529. The number of benzene rings is 1. The number of carboxylic acids is 1. The third-order valence-electron chi connectivity index (χ3n) is 3.63. The number of aliphatic carboxylic acids is 1. The van der Waals surface area contributed by atoms with Gasteiger partial charge in [0.1, 0.15) is 5.56 Å². The quantitative estimate of drug-likeness (QED) is 0.675. The molecule has 1 fully saturated rings. The van der Waals surface area contributed by atoms with Crippen molar-refractivity contribution in [3.8, 4) is 0 Å². The Kier molecular flexibility index (Phi) is 4.21. The fraction of sp³-hybridized carbons (Fsp3) is 0.429. The number of carbonyl (C=O) groups excluding carboxylic acids is 1. The van der Waals surface area contributed by atoms with Crippen molar-refractivity contribution in [2.24, 2.45) is 0 Å². The Balaban J connectivity index is 2.33. The minimum Gasteiger partial charge on any atom is -0.481 e. The maximum absolute atomic E-state index is 12.5. The molecule has 2 rings (SSSR count). The van der Waals surface area contributed by atoms with E-state index in [0.717, 1.165) is 5.56 Å². The number of amides is 1. The highest BCUT2D eigenvalue weighted by Crippen LogP contribution is 2.27. The van der Waals surface area contributed by atoms with Crippen LogP contribution in [0.1, 0.15) is 35.2 Å². The van der Waals surface area contributed by atoms with Crippen molar-refractivity contribution in [3.63, 3.8) is 0 Å². The first kappa shape index (κ1) is 15.0. The zero-order valence-electron chi connectivity index (χ0n) is 11.6. The van der Waals surface area contributed by atoms with Gasteiger partial charge in [-0.05, 0) is 31.4 Å². The first-order valence-electron chi connectivity index (χ1n) is 6.68. The van der Waals surface area contributed by atoms with Gasteiger partial charge in [0.25, 0.3) is 11.6 Å². The van der Waals surface area contributed by atoms with E-state index in [2.05, 4.69) is 0 Å². The van der Waals surface area contributed by atoms with Crippen LogP contribution >= 0.6 is 0 Å². The number of hydrogen-bond acceptors (Lipinski definition) is 4. The molecule has 1 aromatic rings. The van der Waals surface area contributed by atoms with Crippen LogP contribution in [0.15, 0.2) is 18.2 Å². The highest BCUT2D eigenvalue weighted by Gasteiger charge is 2.33. The second-order valence-corrected chi connectivity index (χ2v) is 5.17. The monoisotopic (exact) mass is 292 g/mol. The molecule has 0 aliphatic carbocycles. The molecular formula is C14H16N2O5. The lowest BCUT2D eigenvalue weighted by Gasteiger charge is -2.23. The average molecular weight is 292 g/mol. The van der Waals surface area contributed by atoms with Gasteiger partial charge in [-0.2, -0.15) is 0 Å². The molecule has 0 radical (unpaired) electrons. The third kappa shape index (κ3) is 3.18. The predicted octanol–water partition coefficient (Wildman–Crippen LogP) is 1.98. The number of likely N-dealkylation sites (tertiary alicyclic amines) is 1. The van der Waals surface area contributed by atoms with Gasteiger partial charge in [-0.15, -0.1) is 0 Å². The molecular weight excluding hydrogens is 276 g/mol. The zero-order valence-corrected chi connectivity index (χ0v) is 11.6. The van der Waals surface area contributed by atoms with Gasteiger partial charge in [0.15, 0.2) is 0 Å². The van der Waals surface area contributed by atoms with Crippen molar-refractivity contribution in [2.45, 2.75) is 32.2 Å². The summed E-state index contributed by atoms with van der Waals surface area (Å²) in [4.78, 5) is 35.3. The summed E-state index contributed by atoms with van der Waals surface area (Å²) in [5.74, 6) is -1.44. The van der Waals surface area contributed by atoms with Gasteiger partial charge < -0.3 is 10.0 Å². The Morgan fingerprint density at radius 2 is 2.19 bits per heavy atom. The maximum atomic E-state index is 12.5. The predicted molar refractivity (Wildman–Crippen MR) is 74.1 cm³/mol. The van der Waals surface area contributed by atoms with E-state index in [1.807, 2.05) is 0 Å². The van der Waals surface area contributed by atoms with Crippen LogP contribution in [-0.4, -0.2) is 39.4 Å². The van der Waals surface area contributed by atoms with Crippen molar-refractivity contribution >= 4 is 17.6 Å². The van der Waals surface area contributed by atoms with Gasteiger partial charge in [-0.3, -0.25) is 19.7 Å². The normalized spacial score (nSPS) is 17.8. The number of carboxylic acid groups (broad SMARTS) is 1. The molecule has 0 saturated carbocycles. The van der Waals surface area contributed by atoms with Gasteiger partial charge in [-0.25, -0.2) is 0 Å². The lowest BCUT2D eigenvalue weighted by molar-refractivity contribution is -0.385. The highest BCUT2D eigenvalue weighted by molar-refractivity contribution is 5.98. The molecule has 21 heavy (non-hydrogen) atoms. The fourth-order valence-corrected chi connectivity index (χ4v) is 2.65. The summed E-state index contributed by atoms with van der Waals surface area (Å²) in [5, 5.41) is 19.9. The minimum atomic E-state index is -0.974. The molecule has 112 valence electrons. The van der Waals surface area contributed by atoms with E-state index < -0.39 is 22.8 Å². The summed E-state index contributed by atoms with van der Waals surface area (Å²) >= 11 is 0. The smallest absolute Gasteiger partial charge is 0.305 e. The Morgan fingerprint density at radius 1 is 1.48 bits per heavy atom. The number of nitro groups is 1. The number of hydrogen-bond donors (Lipinski definition) is 1. The van der Waals surface area contributed by atoms with Crippen LogP contribution in [0.3, 0.4) is 0 Å². The van der Waals surface area contributed by atoms with Crippen molar-refractivity contribution < 1.29 is 19.6 Å². The fourth-order valence-electron chi connectivity index (χ4n) is 2.65. The molecule has 1 unspecified atom stereocenters. The van der Waals surface area contributed by atoms with E-state index in [1.165, 1.54) is 17.0 Å². The maximum Gasteiger partial charge on any atom is 0.305 e. The topological polar surface area (TPSA) is 101 Å². The van der Waals surface area contributed by atoms with Gasteiger partial charge >= 0.3 is 5.97 Å². The summed E-state index contributed by atoms with van der Waals surface area (Å²) in [6, 6.07) is 3.98. The van der Waals surface area contributed by atoms with E-state index >= 15 is 0 Å². The third-order valence-corrected chi connectivity index (χ3v) is 3.63. The van der Waals surface area contributed by atoms with Crippen LogP contribution in [0.5, 0.6) is 0 Å². The molecule has 0 spiro atoms. The molecule has 1 saturated heterocycles. The van der Waals surface area contributed by atoms with Crippen molar-refractivity contribution in [1.29, 1.82) is 0 Å². The number of aryl methyl sites for hydroxylation is 1. The minimum absolute atomic E-state index is 0.0253. The number of nitrogens with zero attached hydrogens (tertiary/aromatic N) is 2. The molecule has 0 bridgehead atoms. The highest BCUT2D eigenvalue weighted by atomic mass is 16.6. The molecule has 1 aliphatic heterocycles. The van der Waals surface area contributed by atoms with E-state index in [4.69, 9.17) is 5.11 Å². The van der Waals surface area contributed by atoms with E-state index in [9.17, 15) is 19.7 Å². The Hall–Kier alpha value is -2.44. The van der Waals surface area contributed by atoms with Crippen molar-refractivity contribution in [2.75, 3.05) is 6.54 Å². The van der Waals surface area contributed by atoms with Crippen molar-refractivity contribution in [3.05, 3.63) is 39.4 Å². The lowest BCUT2D eigenvalue weighted by Crippen LogP contribution is -2.37. The molecule has 1 aliphatic rings. The van der Waals surface area contributed by atoms with Crippen molar-refractivity contribution in [1.82, 2.24) is 4.90 Å². The molecule has 1 heterocycles. The van der Waals surface area contributed by atoms with Gasteiger partial charge in [-0.1, -0.05) is 6.07 Å². The summed E-state index contributed by atoms with van der Waals surface area (Å²) in [6.45, 7) is 2.18. The molecule has 7 nitrogen and oxygen atoms in total. The van der Waals surface area contributed by atoms with Gasteiger partial charge in [0.2, 0.25) is 0 Å². The van der Waals surface area contributed by atoms with Crippen LogP contribution in [-0.2, 0) is 4.79 Å². The van der Waals surface area contributed by atoms with Crippen LogP contribution < -0.4 is 0 Å². The summed E-state index contributed by atoms with van der Waals surface area (Å²) < 4.78 is 0. The Morgan fingerprint density at radius 3 is 2.81 bits per heavy atom. The standard InChI is InChI=1S/C14H16N2O5/c1-9-4-5-12(16(20)21)11(7-9)14(19)15-6-2-3-10(15)8-13(17)18/h4-5,7,10H,2-3,6,8H2,1H3,(H,17,18). The lowest BCUT2D eigenvalue weighted by atomic mass is 10.1. The Labute approximate surface area is 121 Å². The first-order chi connectivity index (χ1) is 9.90. The average Bonchev–Trinajstić information content (AvgIpc) is 2.84. The van der Waals surface area contributed by atoms with E-state index in [1.54, 1.807) is 13.0 Å². The largest absolute Gasteiger partial charge is 0.481 e. The molecule has 1 aromatic carbocycles. The molecule has 0 aromatic heterocycles. The Bertz CT molecular complexity index is 599. The van der Waals surface area contributed by atoms with Crippen LogP contribution in [0.2, 0.25) is 0 Å². The first-order valence-corrected chi connectivity index (χ1v) is 6.68. The number of carbonyl (C=O) groups is 2. The molecule has 1 amide bonds. The summed E-state index contributed by atoms with van der Waals surface area (Å²) in [7, 11) is 0. The van der Waals surface area contributed by atoms with E-state index in [-0.39, 0.29) is 17.7 Å². The SMILES string of the molecule is Cc1ccc([N+](=O)[O-])c(C(=O)N2CCCC2CC(=O)O)c1. The van der Waals surface area contributed by atoms with Crippen LogP contribution in [0.25, 0.3) is 0 Å². The number of rotatable bonds is 4. The number of nitro benzene ring substituents is 1. The van der Waals surface area contributed by atoms with E-state index in [0.29, 0.717) is 19.4 Å². The van der Waals surface area contributed by atoms with Crippen LogP contribution in [0, 0.1) is 17.0 Å². The summed E-state index contributed by atoms with van der Waals surface area (Å²) in [6.07, 6.45) is 1.19. The van der Waals surface area contributed by atoms with Gasteiger partial charge in [0, 0.05) is 18.7 Å². The second-order valence-electron chi connectivity index (χ2n) is 5.17. The molecule has 7 heteroatoms. The molecule has 1 N–H and O–H groups in total. The second kappa shape index (κ2) is 5.90.